The van der Waals surface area contributed by atoms with Crippen molar-refractivity contribution in [2.75, 3.05) is 5.43 Å². The lowest BCUT2D eigenvalue weighted by molar-refractivity contribution is 0.0928. The van der Waals surface area contributed by atoms with Crippen molar-refractivity contribution in [3.05, 3.63) is 29.3 Å². The third kappa shape index (κ3) is 3.26. The number of aryl methyl sites for hydroxylation is 1. The molecule has 4 N–H and O–H groups in total. The first kappa shape index (κ1) is 13.9. The van der Waals surface area contributed by atoms with Crippen molar-refractivity contribution in [1.82, 2.24) is 5.32 Å². The summed E-state index contributed by atoms with van der Waals surface area (Å²) in [6, 6.07) is 5.86. The molecule has 1 saturated carbocycles. The fourth-order valence-electron chi connectivity index (χ4n) is 2.83. The first-order valence-corrected chi connectivity index (χ1v) is 7.00. The van der Waals surface area contributed by atoms with E-state index >= 15 is 0 Å². The van der Waals surface area contributed by atoms with Gasteiger partial charge >= 0.3 is 0 Å². The van der Waals surface area contributed by atoms with Crippen LogP contribution in [-0.4, -0.2) is 11.9 Å². The highest BCUT2D eigenvalue weighted by molar-refractivity contribution is 5.99. The van der Waals surface area contributed by atoms with Gasteiger partial charge in [-0.3, -0.25) is 10.6 Å². The quantitative estimate of drug-likeness (QED) is 0.576. The zero-order valence-corrected chi connectivity index (χ0v) is 11.7. The molecule has 1 aliphatic rings. The minimum Gasteiger partial charge on any atom is -0.349 e. The molecular formula is C15H23N3O. The van der Waals surface area contributed by atoms with Crippen molar-refractivity contribution in [2.45, 2.75) is 45.6 Å². The van der Waals surface area contributed by atoms with Gasteiger partial charge in [0.25, 0.3) is 5.91 Å². The van der Waals surface area contributed by atoms with Gasteiger partial charge in [0.15, 0.2) is 0 Å². The normalized spacial score (nSPS) is 17.2. The van der Waals surface area contributed by atoms with Crippen molar-refractivity contribution in [1.29, 1.82) is 0 Å². The predicted octanol–water partition coefficient (Wildman–Crippen LogP) is 2.59. The third-order valence-corrected chi connectivity index (χ3v) is 4.04. The molecule has 1 aromatic rings. The van der Waals surface area contributed by atoms with Crippen LogP contribution in [0.2, 0.25) is 0 Å². The average Bonchev–Trinajstić information content (AvgIpc) is 2.92. The monoisotopic (exact) mass is 261 g/mol. The fourth-order valence-corrected chi connectivity index (χ4v) is 2.83. The summed E-state index contributed by atoms with van der Waals surface area (Å²) in [7, 11) is 0. The van der Waals surface area contributed by atoms with E-state index in [4.69, 9.17) is 5.84 Å². The van der Waals surface area contributed by atoms with Crippen LogP contribution in [0.4, 0.5) is 5.69 Å². The molecule has 1 unspecified atom stereocenters. The molecule has 0 saturated heterocycles. The average molecular weight is 261 g/mol. The summed E-state index contributed by atoms with van der Waals surface area (Å²) in [5.74, 6) is 6.03. The number of hydrogen-bond donors (Lipinski definition) is 3. The molecule has 1 amide bonds. The largest absolute Gasteiger partial charge is 0.349 e. The van der Waals surface area contributed by atoms with Crippen LogP contribution in [0, 0.1) is 12.8 Å². The zero-order valence-electron chi connectivity index (χ0n) is 11.7. The molecule has 1 fully saturated rings. The van der Waals surface area contributed by atoms with Crippen LogP contribution in [0.3, 0.4) is 0 Å². The topological polar surface area (TPSA) is 67.1 Å². The van der Waals surface area contributed by atoms with Gasteiger partial charge in [-0.1, -0.05) is 24.5 Å². The van der Waals surface area contributed by atoms with E-state index in [9.17, 15) is 4.79 Å². The van der Waals surface area contributed by atoms with E-state index in [1.54, 1.807) is 0 Å². The summed E-state index contributed by atoms with van der Waals surface area (Å²) >= 11 is 0. The van der Waals surface area contributed by atoms with Gasteiger partial charge in [0.05, 0.1) is 11.3 Å². The molecule has 0 aromatic heterocycles. The summed E-state index contributed by atoms with van der Waals surface area (Å²) in [5, 5.41) is 3.11. The van der Waals surface area contributed by atoms with Crippen molar-refractivity contribution < 1.29 is 4.79 Å². The number of nitrogens with one attached hydrogen (secondary N) is 2. The van der Waals surface area contributed by atoms with E-state index in [-0.39, 0.29) is 11.9 Å². The Morgan fingerprint density at radius 2 is 2.05 bits per heavy atom. The molecule has 0 bridgehead atoms. The second-order valence-corrected chi connectivity index (χ2v) is 5.50. The van der Waals surface area contributed by atoms with Crippen molar-refractivity contribution >= 4 is 11.6 Å². The summed E-state index contributed by atoms with van der Waals surface area (Å²) < 4.78 is 0. The summed E-state index contributed by atoms with van der Waals surface area (Å²) in [4.78, 5) is 12.3. The lowest BCUT2D eigenvalue weighted by Crippen LogP contribution is -2.37. The Balaban J connectivity index is 2.08. The zero-order chi connectivity index (χ0) is 13.8. The molecule has 4 nitrogen and oxygen atoms in total. The molecule has 0 radical (unpaired) electrons. The van der Waals surface area contributed by atoms with Crippen LogP contribution >= 0.6 is 0 Å². The number of nitrogens with two attached hydrogens (primary N) is 1. The van der Waals surface area contributed by atoms with Crippen molar-refractivity contribution in [2.24, 2.45) is 11.8 Å². The third-order valence-electron chi connectivity index (χ3n) is 4.04. The molecule has 1 aliphatic carbocycles. The first-order valence-electron chi connectivity index (χ1n) is 7.00. The number of benzene rings is 1. The number of carbonyl (C=O) groups is 1. The van der Waals surface area contributed by atoms with E-state index in [1.165, 1.54) is 25.7 Å². The van der Waals surface area contributed by atoms with Crippen molar-refractivity contribution in [3.63, 3.8) is 0 Å². The second kappa shape index (κ2) is 6.06. The molecule has 1 atom stereocenters. The van der Waals surface area contributed by atoms with E-state index in [2.05, 4.69) is 17.7 Å². The maximum absolute atomic E-state index is 12.3. The van der Waals surface area contributed by atoms with Gasteiger partial charge < -0.3 is 10.7 Å². The lowest BCUT2D eigenvalue weighted by Gasteiger charge is -2.21. The maximum atomic E-state index is 12.3. The Morgan fingerprint density at radius 3 is 2.68 bits per heavy atom. The smallest absolute Gasteiger partial charge is 0.253 e. The van der Waals surface area contributed by atoms with Gasteiger partial charge in [-0.25, -0.2) is 0 Å². The molecule has 4 heteroatoms. The molecule has 2 rings (SSSR count). The minimum absolute atomic E-state index is 0.0453. The van der Waals surface area contributed by atoms with E-state index < -0.39 is 0 Å². The van der Waals surface area contributed by atoms with E-state index in [1.807, 2.05) is 25.1 Å². The second-order valence-electron chi connectivity index (χ2n) is 5.50. The number of amides is 1. The van der Waals surface area contributed by atoms with Crippen molar-refractivity contribution in [3.8, 4) is 0 Å². The Hall–Kier alpha value is -1.55. The highest BCUT2D eigenvalue weighted by Gasteiger charge is 2.23. The number of anilines is 1. The van der Waals surface area contributed by atoms with E-state index in [0.29, 0.717) is 17.2 Å². The summed E-state index contributed by atoms with van der Waals surface area (Å²) in [6.07, 6.45) is 5.00. The standard InChI is InChI=1S/C15H23N3O/c1-10-7-8-14(18-16)13(9-10)15(19)17-11(2)12-5-3-4-6-12/h7-9,11-12,18H,3-6,16H2,1-2H3,(H,17,19). The minimum atomic E-state index is -0.0453. The summed E-state index contributed by atoms with van der Waals surface area (Å²) in [5.41, 5.74) is 4.93. The van der Waals surface area contributed by atoms with Gasteiger partial charge in [0.2, 0.25) is 0 Å². The molecular weight excluding hydrogens is 238 g/mol. The van der Waals surface area contributed by atoms with Gasteiger partial charge in [-0.15, -0.1) is 0 Å². The van der Waals surface area contributed by atoms with Gasteiger partial charge in [0, 0.05) is 6.04 Å². The van der Waals surface area contributed by atoms with Crippen LogP contribution in [0.25, 0.3) is 0 Å². The molecule has 104 valence electrons. The number of hydrogen-bond acceptors (Lipinski definition) is 3. The first-order chi connectivity index (χ1) is 9.11. The molecule has 1 aromatic carbocycles. The predicted molar refractivity (Wildman–Crippen MR) is 77.9 cm³/mol. The molecule has 0 aliphatic heterocycles. The lowest BCUT2D eigenvalue weighted by atomic mass is 9.99. The summed E-state index contributed by atoms with van der Waals surface area (Å²) in [6.45, 7) is 4.07. The fraction of sp³-hybridized carbons (Fsp3) is 0.533. The van der Waals surface area contributed by atoms with Crippen LogP contribution in [-0.2, 0) is 0 Å². The van der Waals surface area contributed by atoms with Gasteiger partial charge in [-0.05, 0) is 44.7 Å². The molecule has 0 heterocycles. The van der Waals surface area contributed by atoms with Crippen LogP contribution in [0.15, 0.2) is 18.2 Å². The highest BCUT2D eigenvalue weighted by Crippen LogP contribution is 2.28. The number of nitrogen functional groups attached to an aromatic ring is 1. The maximum Gasteiger partial charge on any atom is 0.253 e. The Bertz CT molecular complexity index is 453. The Labute approximate surface area is 114 Å². The SMILES string of the molecule is Cc1ccc(NN)c(C(=O)NC(C)C2CCCC2)c1. The number of carbonyl (C=O) groups excluding carboxylic acids is 1. The van der Waals surface area contributed by atoms with Gasteiger partial charge in [-0.2, -0.15) is 0 Å². The molecule has 0 spiro atoms. The Kier molecular flexibility index (Phi) is 4.43. The highest BCUT2D eigenvalue weighted by atomic mass is 16.1. The van der Waals surface area contributed by atoms with Crippen LogP contribution in [0.5, 0.6) is 0 Å². The van der Waals surface area contributed by atoms with Gasteiger partial charge in [0.1, 0.15) is 0 Å². The van der Waals surface area contributed by atoms with Crippen LogP contribution in [0.1, 0.15) is 48.5 Å². The van der Waals surface area contributed by atoms with E-state index in [0.717, 1.165) is 5.56 Å². The Morgan fingerprint density at radius 1 is 1.37 bits per heavy atom. The van der Waals surface area contributed by atoms with Crippen LogP contribution < -0.4 is 16.6 Å². The number of hydrazine groups is 1. The molecule has 19 heavy (non-hydrogen) atoms. The number of rotatable bonds is 4.